The van der Waals surface area contributed by atoms with Crippen molar-refractivity contribution in [1.82, 2.24) is 9.97 Å². The van der Waals surface area contributed by atoms with Crippen molar-refractivity contribution < 1.29 is 18.6 Å². The largest absolute Gasteiger partial charge is 0.493 e. The summed E-state index contributed by atoms with van der Waals surface area (Å²) in [5, 5.41) is 3.18. The third-order valence-corrected chi connectivity index (χ3v) is 3.77. The molecule has 3 aromatic rings. The van der Waals surface area contributed by atoms with E-state index in [1.165, 1.54) is 33.5 Å². The highest BCUT2D eigenvalue weighted by Crippen LogP contribution is 2.49. The molecular formula is C19H18FN3O3. The quantitative estimate of drug-likeness (QED) is 0.720. The summed E-state index contributed by atoms with van der Waals surface area (Å²) in [6, 6.07) is 7.97. The van der Waals surface area contributed by atoms with Crippen molar-refractivity contribution in [2.75, 3.05) is 26.6 Å². The van der Waals surface area contributed by atoms with Gasteiger partial charge in [-0.15, -0.1) is 0 Å². The highest BCUT2D eigenvalue weighted by molar-refractivity contribution is 5.89. The zero-order chi connectivity index (χ0) is 18.5. The molecule has 2 aromatic carbocycles. The Morgan fingerprint density at radius 1 is 0.962 bits per heavy atom. The third kappa shape index (κ3) is 3.37. The minimum atomic E-state index is -0.357. The van der Waals surface area contributed by atoms with Crippen molar-refractivity contribution >= 4 is 11.5 Å². The summed E-state index contributed by atoms with van der Waals surface area (Å²) in [6.45, 7) is 0. The third-order valence-electron chi connectivity index (χ3n) is 3.77. The first kappa shape index (κ1) is 17.5. The van der Waals surface area contributed by atoms with Gasteiger partial charge in [0.15, 0.2) is 11.5 Å². The molecule has 3 rings (SSSR count). The molecule has 0 fully saturated rings. The zero-order valence-electron chi connectivity index (χ0n) is 14.6. The predicted octanol–water partition coefficient (Wildman–Crippen LogP) is 4.05. The number of nitrogens with zero attached hydrogens (tertiary/aromatic N) is 2. The maximum Gasteiger partial charge on any atom is 0.204 e. The van der Waals surface area contributed by atoms with Crippen LogP contribution in [0.4, 0.5) is 15.9 Å². The minimum Gasteiger partial charge on any atom is -0.493 e. The van der Waals surface area contributed by atoms with Crippen LogP contribution in [0.2, 0.25) is 0 Å². The van der Waals surface area contributed by atoms with Crippen LogP contribution in [-0.2, 0) is 0 Å². The lowest BCUT2D eigenvalue weighted by atomic mass is 10.0. The minimum absolute atomic E-state index is 0.357. The SMILES string of the molecule is COc1cc(Nc2cnccn2)c(-c2cccc(F)c2)c(OC)c1OC. The first-order chi connectivity index (χ1) is 12.7. The van der Waals surface area contributed by atoms with Gasteiger partial charge in [-0.25, -0.2) is 9.37 Å². The Labute approximate surface area is 150 Å². The van der Waals surface area contributed by atoms with Crippen LogP contribution >= 0.6 is 0 Å². The predicted molar refractivity (Wildman–Crippen MR) is 96.8 cm³/mol. The summed E-state index contributed by atoms with van der Waals surface area (Å²) in [6.07, 6.45) is 4.73. The summed E-state index contributed by atoms with van der Waals surface area (Å²) < 4.78 is 30.3. The molecule has 0 radical (unpaired) electrons. The summed E-state index contributed by atoms with van der Waals surface area (Å²) in [5.41, 5.74) is 1.86. The van der Waals surface area contributed by atoms with Gasteiger partial charge in [0, 0.05) is 18.5 Å². The number of ether oxygens (including phenoxy) is 3. The number of benzene rings is 2. The van der Waals surface area contributed by atoms with E-state index in [9.17, 15) is 4.39 Å². The maximum atomic E-state index is 13.8. The number of hydrogen-bond acceptors (Lipinski definition) is 6. The van der Waals surface area contributed by atoms with Crippen LogP contribution in [0.15, 0.2) is 48.9 Å². The van der Waals surface area contributed by atoms with E-state index in [-0.39, 0.29) is 5.82 Å². The molecule has 0 aliphatic rings. The van der Waals surface area contributed by atoms with Gasteiger partial charge in [-0.05, 0) is 17.7 Å². The number of methoxy groups -OCH3 is 3. The Balaban J connectivity index is 2.26. The van der Waals surface area contributed by atoms with Crippen molar-refractivity contribution in [3.8, 4) is 28.4 Å². The first-order valence-corrected chi connectivity index (χ1v) is 7.80. The number of halogens is 1. The van der Waals surface area contributed by atoms with Gasteiger partial charge in [0.2, 0.25) is 5.75 Å². The molecular weight excluding hydrogens is 337 g/mol. The van der Waals surface area contributed by atoms with E-state index < -0.39 is 0 Å². The average Bonchev–Trinajstić information content (AvgIpc) is 2.67. The van der Waals surface area contributed by atoms with Gasteiger partial charge >= 0.3 is 0 Å². The van der Waals surface area contributed by atoms with Crippen LogP contribution in [0.1, 0.15) is 0 Å². The van der Waals surface area contributed by atoms with Gasteiger partial charge in [0.05, 0.1) is 38.8 Å². The number of nitrogens with one attached hydrogen (secondary N) is 1. The van der Waals surface area contributed by atoms with Crippen LogP contribution < -0.4 is 19.5 Å². The Hall–Kier alpha value is -3.35. The smallest absolute Gasteiger partial charge is 0.204 e. The molecule has 7 heteroatoms. The summed E-state index contributed by atoms with van der Waals surface area (Å²) in [5.74, 6) is 1.47. The van der Waals surface area contributed by atoms with Crippen LogP contribution in [0.25, 0.3) is 11.1 Å². The zero-order valence-corrected chi connectivity index (χ0v) is 14.6. The molecule has 0 unspecified atom stereocenters. The van der Waals surface area contributed by atoms with Gasteiger partial charge in [0.1, 0.15) is 11.6 Å². The van der Waals surface area contributed by atoms with E-state index in [1.807, 2.05) is 0 Å². The number of rotatable bonds is 6. The fourth-order valence-corrected chi connectivity index (χ4v) is 2.69. The molecule has 0 amide bonds. The van der Waals surface area contributed by atoms with Crippen LogP contribution in [0.5, 0.6) is 17.2 Å². The lowest BCUT2D eigenvalue weighted by Crippen LogP contribution is -2.02. The van der Waals surface area contributed by atoms with Gasteiger partial charge in [-0.1, -0.05) is 12.1 Å². The first-order valence-electron chi connectivity index (χ1n) is 7.80. The van der Waals surface area contributed by atoms with E-state index in [2.05, 4.69) is 15.3 Å². The molecule has 0 saturated heterocycles. The number of anilines is 2. The van der Waals surface area contributed by atoms with Gasteiger partial charge < -0.3 is 19.5 Å². The average molecular weight is 355 g/mol. The molecule has 1 N–H and O–H groups in total. The maximum absolute atomic E-state index is 13.8. The van der Waals surface area contributed by atoms with E-state index >= 15 is 0 Å². The summed E-state index contributed by atoms with van der Waals surface area (Å²) in [7, 11) is 4.57. The van der Waals surface area contributed by atoms with Crippen molar-refractivity contribution in [2.45, 2.75) is 0 Å². The van der Waals surface area contributed by atoms with Crippen LogP contribution in [0.3, 0.4) is 0 Å². The topological polar surface area (TPSA) is 65.5 Å². The summed E-state index contributed by atoms with van der Waals surface area (Å²) >= 11 is 0. The van der Waals surface area contributed by atoms with Crippen molar-refractivity contribution in [2.24, 2.45) is 0 Å². The molecule has 26 heavy (non-hydrogen) atoms. The lowest BCUT2D eigenvalue weighted by molar-refractivity contribution is 0.325. The second kappa shape index (κ2) is 7.69. The van der Waals surface area contributed by atoms with E-state index in [0.717, 1.165) is 0 Å². The Morgan fingerprint density at radius 3 is 2.38 bits per heavy atom. The Kier molecular flexibility index (Phi) is 5.17. The van der Waals surface area contributed by atoms with Crippen LogP contribution in [-0.4, -0.2) is 31.3 Å². The Bertz CT molecular complexity index is 904. The molecule has 0 bridgehead atoms. The number of aromatic nitrogens is 2. The van der Waals surface area contributed by atoms with Crippen molar-refractivity contribution in [3.63, 3.8) is 0 Å². The van der Waals surface area contributed by atoms with Gasteiger partial charge in [-0.2, -0.15) is 0 Å². The standard InChI is InChI=1S/C19H18FN3O3/c1-24-15-10-14(23-16-11-21-7-8-22-16)17(19(26-3)18(15)25-2)12-5-4-6-13(20)9-12/h4-11H,1-3H3,(H,22,23). The number of hydrogen-bond donors (Lipinski definition) is 1. The van der Waals surface area contributed by atoms with Gasteiger partial charge in [-0.3, -0.25) is 4.98 Å². The molecule has 6 nitrogen and oxygen atoms in total. The van der Waals surface area contributed by atoms with E-state index in [1.54, 1.807) is 36.8 Å². The monoisotopic (exact) mass is 355 g/mol. The lowest BCUT2D eigenvalue weighted by Gasteiger charge is -2.20. The van der Waals surface area contributed by atoms with Gasteiger partial charge in [0.25, 0.3) is 0 Å². The highest BCUT2D eigenvalue weighted by Gasteiger charge is 2.22. The molecule has 0 aliphatic heterocycles. The second-order valence-electron chi connectivity index (χ2n) is 5.29. The molecule has 0 atom stereocenters. The molecule has 0 spiro atoms. The van der Waals surface area contributed by atoms with E-state index in [0.29, 0.717) is 39.9 Å². The van der Waals surface area contributed by atoms with Crippen molar-refractivity contribution in [3.05, 3.63) is 54.7 Å². The fraction of sp³-hybridized carbons (Fsp3) is 0.158. The van der Waals surface area contributed by atoms with E-state index in [4.69, 9.17) is 14.2 Å². The molecule has 1 aromatic heterocycles. The molecule has 0 aliphatic carbocycles. The molecule has 134 valence electrons. The fourth-order valence-electron chi connectivity index (χ4n) is 2.69. The normalized spacial score (nSPS) is 10.3. The molecule has 1 heterocycles. The molecule has 0 saturated carbocycles. The highest BCUT2D eigenvalue weighted by atomic mass is 19.1. The summed E-state index contributed by atoms with van der Waals surface area (Å²) in [4.78, 5) is 8.26. The van der Waals surface area contributed by atoms with Crippen molar-refractivity contribution in [1.29, 1.82) is 0 Å². The van der Waals surface area contributed by atoms with Crippen LogP contribution in [0, 0.1) is 5.82 Å². The second-order valence-corrected chi connectivity index (χ2v) is 5.29. The Morgan fingerprint density at radius 2 is 1.77 bits per heavy atom.